The van der Waals surface area contributed by atoms with Crippen LogP contribution in [0.25, 0.3) is 6.08 Å². The Kier molecular flexibility index (Phi) is 5.92. The molecule has 0 spiro atoms. The van der Waals surface area contributed by atoms with Crippen molar-refractivity contribution >= 4 is 40.6 Å². The van der Waals surface area contributed by atoms with Crippen LogP contribution in [0.3, 0.4) is 0 Å². The summed E-state index contributed by atoms with van der Waals surface area (Å²) in [4.78, 5) is 27.0. The molecule has 1 fully saturated rings. The summed E-state index contributed by atoms with van der Waals surface area (Å²) >= 11 is 1.00. The summed E-state index contributed by atoms with van der Waals surface area (Å²) in [6.45, 7) is -0.464. The second kappa shape index (κ2) is 8.39. The molecule has 0 aromatic heterocycles. The SMILES string of the molecule is O=C(O)COc1ccc(/C=C2/SC(=Nc3cccc(C(F)(F)F)c3)NC2=O)cc1. The van der Waals surface area contributed by atoms with E-state index >= 15 is 0 Å². The van der Waals surface area contributed by atoms with E-state index in [1.807, 2.05) is 0 Å². The van der Waals surface area contributed by atoms with E-state index in [0.29, 0.717) is 16.2 Å². The third kappa shape index (κ3) is 5.61. The topological polar surface area (TPSA) is 88.0 Å². The maximum Gasteiger partial charge on any atom is 0.416 e. The minimum absolute atomic E-state index is 0.0730. The fourth-order valence-corrected chi connectivity index (χ4v) is 3.15. The Morgan fingerprint density at radius 1 is 1.21 bits per heavy atom. The summed E-state index contributed by atoms with van der Waals surface area (Å²) < 4.78 is 43.4. The smallest absolute Gasteiger partial charge is 0.416 e. The lowest BCUT2D eigenvalue weighted by atomic mass is 10.2. The number of carbonyl (C=O) groups excluding carboxylic acids is 1. The third-order valence-corrected chi connectivity index (χ3v) is 4.51. The lowest BCUT2D eigenvalue weighted by Gasteiger charge is -2.06. The molecule has 0 bridgehead atoms. The van der Waals surface area contributed by atoms with Crippen LogP contribution < -0.4 is 10.1 Å². The Hall–Kier alpha value is -3.27. The number of aliphatic carboxylic acids is 1. The summed E-state index contributed by atoms with van der Waals surface area (Å²) in [7, 11) is 0. The van der Waals surface area contributed by atoms with Crippen molar-refractivity contribution < 1.29 is 32.6 Å². The number of thioether (sulfide) groups is 1. The van der Waals surface area contributed by atoms with Crippen molar-refractivity contribution in [2.75, 3.05) is 6.61 Å². The fourth-order valence-electron chi connectivity index (χ4n) is 2.31. The van der Waals surface area contributed by atoms with Crippen molar-refractivity contribution in [3.05, 3.63) is 64.6 Å². The van der Waals surface area contributed by atoms with Gasteiger partial charge in [-0.25, -0.2) is 9.79 Å². The normalized spacial score (nSPS) is 16.9. The molecule has 10 heteroatoms. The Labute approximate surface area is 167 Å². The van der Waals surface area contributed by atoms with Crippen LogP contribution >= 0.6 is 11.8 Å². The summed E-state index contributed by atoms with van der Waals surface area (Å²) in [6, 6.07) is 10.9. The van der Waals surface area contributed by atoms with E-state index in [2.05, 4.69) is 10.3 Å². The number of benzene rings is 2. The van der Waals surface area contributed by atoms with E-state index in [1.54, 1.807) is 30.3 Å². The van der Waals surface area contributed by atoms with Crippen LogP contribution in [0.5, 0.6) is 5.75 Å². The van der Waals surface area contributed by atoms with Crippen LogP contribution in [-0.4, -0.2) is 28.8 Å². The fraction of sp³-hybridized carbons (Fsp3) is 0.105. The maximum absolute atomic E-state index is 12.8. The number of carboxylic acids is 1. The molecule has 0 aliphatic carbocycles. The quantitative estimate of drug-likeness (QED) is 0.710. The van der Waals surface area contributed by atoms with E-state index in [9.17, 15) is 22.8 Å². The lowest BCUT2D eigenvalue weighted by molar-refractivity contribution is -0.139. The summed E-state index contributed by atoms with van der Waals surface area (Å²) in [5.41, 5.74) is -0.0934. The molecule has 29 heavy (non-hydrogen) atoms. The minimum atomic E-state index is -4.48. The van der Waals surface area contributed by atoms with Gasteiger partial charge in [0.25, 0.3) is 5.91 Å². The Balaban J connectivity index is 1.73. The molecular weight excluding hydrogens is 409 g/mol. The number of hydrogen-bond donors (Lipinski definition) is 2. The Bertz CT molecular complexity index is 1000. The van der Waals surface area contributed by atoms with Gasteiger partial charge in [-0.2, -0.15) is 13.2 Å². The van der Waals surface area contributed by atoms with Crippen LogP contribution in [0.15, 0.2) is 58.4 Å². The van der Waals surface area contributed by atoms with Gasteiger partial charge in [0.2, 0.25) is 0 Å². The van der Waals surface area contributed by atoms with Gasteiger partial charge in [-0.05, 0) is 53.7 Å². The largest absolute Gasteiger partial charge is 0.482 e. The Morgan fingerprint density at radius 2 is 1.93 bits per heavy atom. The molecule has 2 aromatic carbocycles. The molecule has 0 atom stereocenters. The van der Waals surface area contributed by atoms with Crippen molar-refractivity contribution in [3.8, 4) is 5.75 Å². The molecule has 2 N–H and O–H groups in total. The number of amides is 1. The number of nitrogens with zero attached hydrogens (tertiary/aromatic N) is 1. The van der Waals surface area contributed by atoms with Crippen molar-refractivity contribution in [2.45, 2.75) is 6.18 Å². The molecule has 1 aliphatic heterocycles. The van der Waals surface area contributed by atoms with Crippen LogP contribution in [0.1, 0.15) is 11.1 Å². The number of alkyl halides is 3. The molecule has 2 aromatic rings. The van der Waals surface area contributed by atoms with Gasteiger partial charge in [-0.1, -0.05) is 18.2 Å². The second-order valence-corrected chi connectivity index (χ2v) is 6.81. The van der Waals surface area contributed by atoms with Gasteiger partial charge in [0.1, 0.15) is 5.75 Å². The van der Waals surface area contributed by atoms with Gasteiger partial charge in [-0.15, -0.1) is 0 Å². The number of carbonyl (C=O) groups is 2. The number of halogens is 3. The van der Waals surface area contributed by atoms with Crippen molar-refractivity contribution in [1.29, 1.82) is 0 Å². The standard InChI is InChI=1S/C19H13F3N2O4S/c20-19(21,22)12-2-1-3-13(9-12)23-18-24-17(27)15(29-18)8-11-4-6-14(7-5-11)28-10-16(25)26/h1-9H,10H2,(H,25,26)(H,23,24,27)/b15-8+. The molecule has 3 rings (SSSR count). The predicted octanol–water partition coefficient (Wildman–Crippen LogP) is 4.06. The van der Waals surface area contributed by atoms with Crippen LogP contribution in [0.4, 0.5) is 18.9 Å². The highest BCUT2D eigenvalue weighted by Gasteiger charge is 2.30. The van der Waals surface area contributed by atoms with Gasteiger partial charge in [0.15, 0.2) is 11.8 Å². The monoisotopic (exact) mass is 422 g/mol. The van der Waals surface area contributed by atoms with E-state index in [1.165, 1.54) is 12.1 Å². The van der Waals surface area contributed by atoms with E-state index in [0.717, 1.165) is 23.9 Å². The maximum atomic E-state index is 12.8. The predicted molar refractivity (Wildman–Crippen MR) is 102 cm³/mol. The molecule has 1 saturated heterocycles. The highest BCUT2D eigenvalue weighted by molar-refractivity contribution is 8.18. The number of ether oxygens (including phenoxy) is 1. The number of aliphatic imine (C=N–C) groups is 1. The highest BCUT2D eigenvalue weighted by atomic mass is 32.2. The average molecular weight is 422 g/mol. The molecule has 150 valence electrons. The van der Waals surface area contributed by atoms with Crippen molar-refractivity contribution in [3.63, 3.8) is 0 Å². The van der Waals surface area contributed by atoms with Crippen LogP contribution in [0, 0.1) is 0 Å². The molecule has 1 amide bonds. The number of hydrogen-bond acceptors (Lipinski definition) is 5. The summed E-state index contributed by atoms with van der Waals surface area (Å²) in [5.74, 6) is -1.15. The second-order valence-electron chi connectivity index (χ2n) is 5.78. The summed E-state index contributed by atoms with van der Waals surface area (Å²) in [6.07, 6.45) is -2.90. The molecule has 0 radical (unpaired) electrons. The van der Waals surface area contributed by atoms with E-state index in [4.69, 9.17) is 9.84 Å². The summed E-state index contributed by atoms with van der Waals surface area (Å²) in [5, 5.41) is 11.3. The number of rotatable bonds is 5. The number of amidine groups is 1. The third-order valence-electron chi connectivity index (χ3n) is 3.60. The minimum Gasteiger partial charge on any atom is -0.482 e. The van der Waals surface area contributed by atoms with Gasteiger partial charge < -0.3 is 15.2 Å². The van der Waals surface area contributed by atoms with E-state index in [-0.39, 0.29) is 10.9 Å². The van der Waals surface area contributed by atoms with Crippen molar-refractivity contribution in [2.24, 2.45) is 4.99 Å². The number of carboxylic acid groups (broad SMARTS) is 1. The number of nitrogens with one attached hydrogen (secondary N) is 1. The zero-order chi connectivity index (χ0) is 21.0. The first-order valence-electron chi connectivity index (χ1n) is 8.12. The van der Waals surface area contributed by atoms with Gasteiger partial charge in [0.05, 0.1) is 16.2 Å². The average Bonchev–Trinajstić information content (AvgIpc) is 2.99. The zero-order valence-electron chi connectivity index (χ0n) is 14.6. The molecule has 6 nitrogen and oxygen atoms in total. The van der Waals surface area contributed by atoms with Crippen molar-refractivity contribution in [1.82, 2.24) is 5.32 Å². The van der Waals surface area contributed by atoms with E-state index < -0.39 is 30.2 Å². The molecule has 1 aliphatic rings. The lowest BCUT2D eigenvalue weighted by Crippen LogP contribution is -2.19. The zero-order valence-corrected chi connectivity index (χ0v) is 15.4. The first-order chi connectivity index (χ1) is 13.7. The first kappa shape index (κ1) is 20.5. The van der Waals surface area contributed by atoms with Crippen LogP contribution in [-0.2, 0) is 15.8 Å². The van der Waals surface area contributed by atoms with Gasteiger partial charge in [0, 0.05) is 0 Å². The molecule has 0 unspecified atom stereocenters. The Morgan fingerprint density at radius 3 is 2.59 bits per heavy atom. The highest BCUT2D eigenvalue weighted by Crippen LogP contribution is 2.33. The van der Waals surface area contributed by atoms with Gasteiger partial charge >= 0.3 is 12.1 Å². The molecule has 1 heterocycles. The molecular formula is C19H13F3N2O4S. The van der Waals surface area contributed by atoms with Crippen LogP contribution in [0.2, 0.25) is 0 Å². The van der Waals surface area contributed by atoms with Gasteiger partial charge in [-0.3, -0.25) is 4.79 Å². The molecule has 0 saturated carbocycles. The first-order valence-corrected chi connectivity index (χ1v) is 8.94.